The first kappa shape index (κ1) is 23.9. The van der Waals surface area contributed by atoms with Crippen molar-refractivity contribution in [3.8, 4) is 0 Å². The van der Waals surface area contributed by atoms with Gasteiger partial charge in [0.1, 0.15) is 0 Å². The van der Waals surface area contributed by atoms with Crippen LogP contribution >= 0.6 is 0 Å². The van der Waals surface area contributed by atoms with Crippen molar-refractivity contribution in [2.24, 2.45) is 44.3 Å². The normalized spacial score (nSPS) is 53.4. The second kappa shape index (κ2) is 6.89. The van der Waals surface area contributed by atoms with Crippen molar-refractivity contribution in [2.75, 3.05) is 0 Å². The molecule has 5 aliphatic rings. The zero-order valence-electron chi connectivity index (χ0n) is 22.3. The number of fused-ring (bicyclic) bond motifs is 6. The van der Waals surface area contributed by atoms with Gasteiger partial charge in [0, 0.05) is 0 Å². The minimum atomic E-state index is -0.591. The smallest absolute Gasteiger partial charge is 0.309 e. The van der Waals surface area contributed by atoms with Crippen molar-refractivity contribution in [2.45, 2.75) is 125 Å². The molecule has 3 nitrogen and oxygen atoms in total. The maximum Gasteiger partial charge on any atom is 0.309 e. The predicted molar refractivity (Wildman–Crippen MR) is 133 cm³/mol. The maximum atomic E-state index is 12.3. The molecule has 3 fully saturated rings. The first-order valence-electron chi connectivity index (χ1n) is 13.8. The molecular formula is C30H48O3. The Morgan fingerprint density at radius 1 is 0.788 bits per heavy atom. The second-order valence-corrected chi connectivity index (χ2v) is 14.9. The Hall–Kier alpha value is -0.830. The third kappa shape index (κ3) is 2.87. The summed E-state index contributed by atoms with van der Waals surface area (Å²) in [7, 11) is 0. The van der Waals surface area contributed by atoms with Gasteiger partial charge in [-0.2, -0.15) is 0 Å². The van der Waals surface area contributed by atoms with Gasteiger partial charge in [0.15, 0.2) is 0 Å². The Morgan fingerprint density at radius 2 is 1.45 bits per heavy atom. The van der Waals surface area contributed by atoms with E-state index in [0.29, 0.717) is 11.8 Å². The van der Waals surface area contributed by atoms with E-state index >= 15 is 0 Å². The number of rotatable bonds is 1. The number of hydrogen-bond acceptors (Lipinski definition) is 2. The van der Waals surface area contributed by atoms with Crippen molar-refractivity contribution in [1.82, 2.24) is 0 Å². The third-order valence-corrected chi connectivity index (χ3v) is 13.2. The van der Waals surface area contributed by atoms with Crippen molar-refractivity contribution in [1.29, 1.82) is 0 Å². The molecular weight excluding hydrogens is 408 g/mol. The van der Waals surface area contributed by atoms with Gasteiger partial charge >= 0.3 is 5.97 Å². The van der Waals surface area contributed by atoms with Crippen molar-refractivity contribution in [3.63, 3.8) is 0 Å². The summed E-state index contributed by atoms with van der Waals surface area (Å²) in [6.45, 7) is 16.8. The van der Waals surface area contributed by atoms with E-state index < -0.39 is 11.4 Å². The molecule has 5 rings (SSSR count). The number of carboxylic acids is 1. The lowest BCUT2D eigenvalue weighted by atomic mass is 9.35. The van der Waals surface area contributed by atoms with Crippen LogP contribution in [0.1, 0.15) is 119 Å². The number of carboxylic acid groups (broad SMARTS) is 1. The highest BCUT2D eigenvalue weighted by Crippen LogP contribution is 2.75. The van der Waals surface area contributed by atoms with E-state index in [0.717, 1.165) is 32.1 Å². The van der Waals surface area contributed by atoms with E-state index in [1.807, 2.05) is 6.92 Å². The van der Waals surface area contributed by atoms with Crippen LogP contribution in [0.15, 0.2) is 11.1 Å². The number of aliphatic hydroxyl groups is 1. The summed E-state index contributed by atoms with van der Waals surface area (Å²) in [6.07, 6.45) is 11.8. The number of allylic oxidation sites excluding steroid dienone is 2. The van der Waals surface area contributed by atoms with Gasteiger partial charge in [0.25, 0.3) is 0 Å². The molecule has 0 unspecified atom stereocenters. The maximum absolute atomic E-state index is 12.3. The minimum absolute atomic E-state index is 0.0228. The first-order valence-corrected chi connectivity index (χ1v) is 13.8. The van der Waals surface area contributed by atoms with Gasteiger partial charge in [-0.3, -0.25) is 4.79 Å². The van der Waals surface area contributed by atoms with E-state index in [9.17, 15) is 15.0 Å². The lowest BCUT2D eigenvalue weighted by molar-refractivity contribution is -0.175. The zero-order chi connectivity index (χ0) is 24.2. The van der Waals surface area contributed by atoms with Crippen LogP contribution < -0.4 is 0 Å². The number of aliphatic carboxylic acids is 1. The van der Waals surface area contributed by atoms with E-state index in [-0.39, 0.29) is 33.2 Å². The summed E-state index contributed by atoms with van der Waals surface area (Å²) in [4.78, 5) is 12.3. The lowest BCUT2D eigenvalue weighted by Gasteiger charge is -2.69. The summed E-state index contributed by atoms with van der Waals surface area (Å²) in [6, 6.07) is 0. The second-order valence-electron chi connectivity index (χ2n) is 14.9. The highest BCUT2D eigenvalue weighted by molar-refractivity contribution is 5.74. The van der Waals surface area contributed by atoms with E-state index in [2.05, 4.69) is 41.5 Å². The van der Waals surface area contributed by atoms with Crippen molar-refractivity contribution in [3.05, 3.63) is 11.1 Å². The molecule has 0 aromatic heterocycles. The number of hydrogen-bond donors (Lipinski definition) is 2. The highest BCUT2D eigenvalue weighted by Gasteiger charge is 2.66. The van der Waals surface area contributed by atoms with Crippen LogP contribution in [-0.4, -0.2) is 22.3 Å². The topological polar surface area (TPSA) is 57.5 Å². The Balaban J connectivity index is 1.59. The molecule has 0 bridgehead atoms. The summed E-state index contributed by atoms with van der Waals surface area (Å²) in [5, 5.41) is 21.0. The summed E-state index contributed by atoms with van der Waals surface area (Å²) < 4.78 is 0. The standard InChI is InChI=1S/C30H48O3/c1-25(2)21-9-8-20-19(28(21,5)12-11-23(25)31)10-13-30(7)22-18-27(4,24(32)33)15-14-26(22,3)16-17-29(20,30)6/h21-23,31H,8-18H2,1-7H3,(H,32,33)/t21-,22-,23-,26-,27+,28-,29-,30+/m1/s1. The van der Waals surface area contributed by atoms with Crippen LogP contribution in [0.25, 0.3) is 0 Å². The van der Waals surface area contributed by atoms with Crippen molar-refractivity contribution >= 4 is 5.97 Å². The highest BCUT2D eigenvalue weighted by atomic mass is 16.4. The largest absolute Gasteiger partial charge is 0.481 e. The quantitative estimate of drug-likeness (QED) is 0.405. The molecule has 0 aliphatic heterocycles. The minimum Gasteiger partial charge on any atom is -0.481 e. The molecule has 186 valence electrons. The van der Waals surface area contributed by atoms with Crippen molar-refractivity contribution < 1.29 is 15.0 Å². The third-order valence-electron chi connectivity index (χ3n) is 13.2. The Bertz CT molecular complexity index is 902. The van der Waals surface area contributed by atoms with Crippen LogP contribution in [0.5, 0.6) is 0 Å². The molecule has 8 atom stereocenters. The number of aliphatic hydroxyl groups excluding tert-OH is 1. The Kier molecular flexibility index (Phi) is 4.99. The molecule has 3 saturated carbocycles. The monoisotopic (exact) mass is 456 g/mol. The molecule has 0 aromatic rings. The average Bonchev–Trinajstić information content (AvgIpc) is 2.74. The average molecular weight is 457 g/mol. The molecule has 2 N–H and O–H groups in total. The molecule has 0 saturated heterocycles. The molecule has 0 heterocycles. The van der Waals surface area contributed by atoms with Crippen LogP contribution in [0.3, 0.4) is 0 Å². The van der Waals surface area contributed by atoms with Gasteiger partial charge in [-0.15, -0.1) is 0 Å². The molecule has 0 aromatic carbocycles. The van der Waals surface area contributed by atoms with E-state index in [1.54, 1.807) is 11.1 Å². The molecule has 0 spiro atoms. The zero-order valence-corrected chi connectivity index (χ0v) is 22.3. The van der Waals surface area contributed by atoms with Crippen LogP contribution in [0.4, 0.5) is 0 Å². The molecule has 0 radical (unpaired) electrons. The van der Waals surface area contributed by atoms with E-state index in [1.165, 1.54) is 38.5 Å². The fraction of sp³-hybridized carbons (Fsp3) is 0.900. The predicted octanol–water partition coefficient (Wildman–Crippen LogP) is 7.38. The number of carbonyl (C=O) groups is 1. The van der Waals surface area contributed by atoms with Gasteiger partial charge in [-0.25, -0.2) is 0 Å². The van der Waals surface area contributed by atoms with Crippen LogP contribution in [0.2, 0.25) is 0 Å². The molecule has 0 amide bonds. The fourth-order valence-electron chi connectivity index (χ4n) is 10.5. The Labute approximate surface area is 201 Å². The van der Waals surface area contributed by atoms with Gasteiger partial charge in [0.05, 0.1) is 11.5 Å². The molecule has 5 aliphatic carbocycles. The van der Waals surface area contributed by atoms with E-state index in [4.69, 9.17) is 0 Å². The summed E-state index contributed by atoms with van der Waals surface area (Å²) >= 11 is 0. The van der Waals surface area contributed by atoms with Gasteiger partial charge in [-0.1, -0.05) is 52.7 Å². The van der Waals surface area contributed by atoms with Gasteiger partial charge in [0.2, 0.25) is 0 Å². The SMILES string of the molecule is CC1(C)[C@H](O)CC[C@]2(C)C3=C(CC[C@H]12)[C@@]1(C)CC[C@@]2(C)CC[C@](C)(C(=O)O)C[C@H]2[C@]1(C)CC3. The molecule has 33 heavy (non-hydrogen) atoms. The molecule has 3 heteroatoms. The fourth-order valence-corrected chi connectivity index (χ4v) is 10.5. The van der Waals surface area contributed by atoms with Gasteiger partial charge < -0.3 is 10.2 Å². The lowest BCUT2D eigenvalue weighted by Crippen LogP contribution is -2.61. The summed E-state index contributed by atoms with van der Waals surface area (Å²) in [5.74, 6) is 0.439. The van der Waals surface area contributed by atoms with Gasteiger partial charge in [-0.05, 0) is 116 Å². The van der Waals surface area contributed by atoms with Crippen LogP contribution in [0, 0.1) is 44.3 Å². The summed E-state index contributed by atoms with van der Waals surface area (Å²) in [5.41, 5.74) is 3.74. The van der Waals surface area contributed by atoms with Crippen LogP contribution in [-0.2, 0) is 4.79 Å². The Morgan fingerprint density at radius 3 is 2.12 bits per heavy atom. The first-order chi connectivity index (χ1) is 15.1.